The SMILES string of the molecule is Cc1cc(Nc2cc(CN3CCOCC3)c3ncc(Cc4ccc(F)cc4F)n3n2)n[nH]1. The van der Waals surface area contributed by atoms with E-state index in [9.17, 15) is 8.78 Å². The summed E-state index contributed by atoms with van der Waals surface area (Å²) in [6.07, 6.45) is 1.93. The molecule has 2 N–H and O–H groups in total. The van der Waals surface area contributed by atoms with Crippen LogP contribution in [0.15, 0.2) is 36.5 Å². The number of nitrogens with zero attached hydrogens (tertiary/aromatic N) is 5. The minimum atomic E-state index is -0.601. The van der Waals surface area contributed by atoms with E-state index in [1.54, 1.807) is 10.7 Å². The van der Waals surface area contributed by atoms with Crippen molar-refractivity contribution in [1.82, 2.24) is 29.7 Å². The molecule has 1 saturated heterocycles. The summed E-state index contributed by atoms with van der Waals surface area (Å²) in [6.45, 7) is 5.67. The highest BCUT2D eigenvalue weighted by atomic mass is 19.1. The molecule has 0 aliphatic carbocycles. The summed E-state index contributed by atoms with van der Waals surface area (Å²) in [7, 11) is 0. The largest absolute Gasteiger partial charge is 0.379 e. The van der Waals surface area contributed by atoms with Crippen LogP contribution in [0.1, 0.15) is 22.5 Å². The number of morpholine rings is 1. The Labute approximate surface area is 183 Å². The number of anilines is 2. The van der Waals surface area contributed by atoms with Crippen LogP contribution in [0.4, 0.5) is 20.4 Å². The van der Waals surface area contributed by atoms with E-state index in [1.165, 1.54) is 12.1 Å². The van der Waals surface area contributed by atoms with E-state index in [4.69, 9.17) is 4.74 Å². The van der Waals surface area contributed by atoms with Gasteiger partial charge in [-0.2, -0.15) is 5.10 Å². The normalized spacial score (nSPS) is 14.8. The quantitative estimate of drug-likeness (QED) is 0.480. The zero-order valence-corrected chi connectivity index (χ0v) is 17.6. The first-order valence-electron chi connectivity index (χ1n) is 10.4. The maximum atomic E-state index is 14.3. The van der Waals surface area contributed by atoms with Crippen molar-refractivity contribution in [3.05, 3.63) is 70.7 Å². The second kappa shape index (κ2) is 8.64. The fourth-order valence-corrected chi connectivity index (χ4v) is 3.85. The molecule has 0 saturated carbocycles. The third kappa shape index (κ3) is 4.32. The van der Waals surface area contributed by atoms with E-state index >= 15 is 0 Å². The lowest BCUT2D eigenvalue weighted by atomic mass is 10.1. The summed E-state index contributed by atoms with van der Waals surface area (Å²) in [4.78, 5) is 6.88. The number of benzene rings is 1. The van der Waals surface area contributed by atoms with Crippen molar-refractivity contribution in [2.45, 2.75) is 19.9 Å². The van der Waals surface area contributed by atoms with Crippen LogP contribution in [-0.4, -0.2) is 56.0 Å². The Morgan fingerprint density at radius 3 is 2.69 bits per heavy atom. The molecule has 0 amide bonds. The predicted molar refractivity (Wildman–Crippen MR) is 115 cm³/mol. The lowest BCUT2D eigenvalue weighted by Gasteiger charge is -2.26. The van der Waals surface area contributed by atoms with Gasteiger partial charge >= 0.3 is 0 Å². The number of ether oxygens (including phenoxy) is 1. The first-order chi connectivity index (χ1) is 15.5. The summed E-state index contributed by atoms with van der Waals surface area (Å²) >= 11 is 0. The number of aryl methyl sites for hydroxylation is 1. The number of aromatic nitrogens is 5. The number of imidazole rings is 1. The van der Waals surface area contributed by atoms with Crippen molar-refractivity contribution in [2.24, 2.45) is 0 Å². The van der Waals surface area contributed by atoms with E-state index in [2.05, 4.69) is 30.5 Å². The molecule has 4 aromatic rings. The van der Waals surface area contributed by atoms with E-state index in [-0.39, 0.29) is 6.42 Å². The third-order valence-electron chi connectivity index (χ3n) is 5.46. The minimum absolute atomic E-state index is 0.238. The number of hydrogen-bond donors (Lipinski definition) is 2. The molecule has 0 radical (unpaired) electrons. The highest BCUT2D eigenvalue weighted by Gasteiger charge is 2.18. The van der Waals surface area contributed by atoms with Crippen molar-refractivity contribution in [1.29, 1.82) is 0 Å². The first-order valence-corrected chi connectivity index (χ1v) is 10.4. The molecule has 0 spiro atoms. The molecule has 0 unspecified atom stereocenters. The maximum Gasteiger partial charge on any atom is 0.158 e. The number of fused-ring (bicyclic) bond motifs is 1. The molecular weight excluding hydrogens is 416 g/mol. The number of aromatic amines is 1. The van der Waals surface area contributed by atoms with Crippen LogP contribution in [0.5, 0.6) is 0 Å². The molecule has 1 aliphatic rings. The van der Waals surface area contributed by atoms with Gasteiger partial charge in [-0.3, -0.25) is 10.00 Å². The second-order valence-corrected chi connectivity index (χ2v) is 7.90. The topological polar surface area (TPSA) is 83.4 Å². The second-order valence-electron chi connectivity index (χ2n) is 7.90. The maximum absolute atomic E-state index is 14.3. The molecule has 32 heavy (non-hydrogen) atoms. The molecule has 1 aromatic carbocycles. The van der Waals surface area contributed by atoms with Gasteiger partial charge in [0.05, 0.1) is 25.1 Å². The van der Waals surface area contributed by atoms with Gasteiger partial charge in [-0.05, 0) is 24.6 Å². The monoisotopic (exact) mass is 439 g/mol. The molecule has 0 atom stereocenters. The van der Waals surface area contributed by atoms with Crippen molar-refractivity contribution in [3.8, 4) is 0 Å². The summed E-state index contributed by atoms with van der Waals surface area (Å²) in [5, 5.41) is 15.0. The first kappa shape index (κ1) is 20.5. The van der Waals surface area contributed by atoms with Gasteiger partial charge in [-0.15, -0.1) is 5.10 Å². The van der Waals surface area contributed by atoms with Gasteiger partial charge in [-0.25, -0.2) is 18.3 Å². The van der Waals surface area contributed by atoms with Crippen LogP contribution < -0.4 is 5.32 Å². The molecule has 10 heteroatoms. The fraction of sp³-hybridized carbons (Fsp3) is 0.318. The summed E-state index contributed by atoms with van der Waals surface area (Å²) in [6, 6.07) is 7.45. The Balaban J connectivity index is 1.53. The lowest BCUT2D eigenvalue weighted by Crippen LogP contribution is -2.35. The molecular formula is C22H23F2N7O. The van der Waals surface area contributed by atoms with Crippen LogP contribution in [-0.2, 0) is 17.7 Å². The standard InChI is InChI=1S/C22H23F2N7O/c1-14-8-20(28-27-14)26-21-10-16(13-30-4-6-32-7-5-30)22-25-12-18(31(22)29-21)9-15-2-3-17(23)11-19(15)24/h2-3,8,10-12H,4-7,9,13H2,1H3,(H2,26,27,28,29). The number of rotatable bonds is 6. The van der Waals surface area contributed by atoms with Crippen LogP contribution >= 0.6 is 0 Å². The number of halogens is 2. The highest BCUT2D eigenvalue weighted by Crippen LogP contribution is 2.22. The number of nitrogens with one attached hydrogen (secondary N) is 2. The van der Waals surface area contributed by atoms with Gasteiger partial charge in [0, 0.05) is 49.4 Å². The number of hydrogen-bond acceptors (Lipinski definition) is 6. The van der Waals surface area contributed by atoms with Gasteiger partial charge in [0.15, 0.2) is 17.3 Å². The molecule has 3 aromatic heterocycles. The van der Waals surface area contributed by atoms with Crippen molar-refractivity contribution < 1.29 is 13.5 Å². The van der Waals surface area contributed by atoms with E-state index in [1.807, 2.05) is 19.1 Å². The van der Waals surface area contributed by atoms with E-state index in [0.717, 1.165) is 30.4 Å². The van der Waals surface area contributed by atoms with Crippen LogP contribution in [0.25, 0.3) is 5.65 Å². The summed E-state index contributed by atoms with van der Waals surface area (Å²) in [5.74, 6) is 0.0647. The Hall–Kier alpha value is -3.37. The van der Waals surface area contributed by atoms with Gasteiger partial charge in [0.1, 0.15) is 11.6 Å². The molecule has 1 fully saturated rings. The molecule has 0 bridgehead atoms. The van der Waals surface area contributed by atoms with Crippen molar-refractivity contribution >= 4 is 17.3 Å². The van der Waals surface area contributed by atoms with E-state index in [0.29, 0.717) is 48.3 Å². The van der Waals surface area contributed by atoms with Crippen LogP contribution in [0, 0.1) is 18.6 Å². The summed E-state index contributed by atoms with van der Waals surface area (Å²) < 4.78 is 34.8. The minimum Gasteiger partial charge on any atom is -0.379 e. The molecule has 1 aliphatic heterocycles. The smallest absolute Gasteiger partial charge is 0.158 e. The predicted octanol–water partition coefficient (Wildman–Crippen LogP) is 3.21. The molecule has 4 heterocycles. The molecule has 5 rings (SSSR count). The fourth-order valence-electron chi connectivity index (χ4n) is 3.85. The Morgan fingerprint density at radius 1 is 1.09 bits per heavy atom. The van der Waals surface area contributed by atoms with Crippen LogP contribution in [0.2, 0.25) is 0 Å². The Kier molecular flexibility index (Phi) is 5.54. The lowest BCUT2D eigenvalue weighted by molar-refractivity contribution is 0.0343. The zero-order chi connectivity index (χ0) is 22.1. The summed E-state index contributed by atoms with van der Waals surface area (Å²) in [5.41, 5.74) is 3.71. The van der Waals surface area contributed by atoms with Gasteiger partial charge in [0.25, 0.3) is 0 Å². The van der Waals surface area contributed by atoms with Crippen LogP contribution in [0.3, 0.4) is 0 Å². The van der Waals surface area contributed by atoms with Gasteiger partial charge in [-0.1, -0.05) is 6.07 Å². The Morgan fingerprint density at radius 2 is 1.94 bits per heavy atom. The zero-order valence-electron chi connectivity index (χ0n) is 17.6. The Bertz CT molecular complexity index is 1250. The third-order valence-corrected chi connectivity index (χ3v) is 5.46. The number of H-pyrrole nitrogens is 1. The van der Waals surface area contributed by atoms with Crippen molar-refractivity contribution in [2.75, 3.05) is 31.6 Å². The van der Waals surface area contributed by atoms with E-state index < -0.39 is 11.6 Å². The molecule has 8 nitrogen and oxygen atoms in total. The average molecular weight is 439 g/mol. The van der Waals surface area contributed by atoms with Gasteiger partial charge in [0.2, 0.25) is 0 Å². The van der Waals surface area contributed by atoms with Gasteiger partial charge < -0.3 is 10.1 Å². The van der Waals surface area contributed by atoms with Crippen molar-refractivity contribution in [3.63, 3.8) is 0 Å². The average Bonchev–Trinajstić information content (AvgIpc) is 3.37. The highest BCUT2D eigenvalue weighted by molar-refractivity contribution is 5.58. The molecule has 166 valence electrons.